The molecular formula is C22H21N5O3. The molecule has 0 atom stereocenters. The molecule has 0 unspecified atom stereocenters. The molecule has 0 spiro atoms. The molecule has 1 saturated carbocycles. The molecule has 0 N–H and O–H groups in total. The first kappa shape index (κ1) is 17.6. The summed E-state index contributed by atoms with van der Waals surface area (Å²) in [6.07, 6.45) is 7.68. The highest BCUT2D eigenvalue weighted by molar-refractivity contribution is 5.96. The van der Waals surface area contributed by atoms with E-state index >= 15 is 0 Å². The summed E-state index contributed by atoms with van der Waals surface area (Å²) in [5, 5.41) is 4.25. The lowest BCUT2D eigenvalue weighted by Crippen LogP contribution is -2.45. The molecule has 2 saturated heterocycles. The van der Waals surface area contributed by atoms with E-state index in [1.807, 2.05) is 35.0 Å². The molecule has 7 rings (SSSR count). The van der Waals surface area contributed by atoms with Crippen molar-refractivity contribution in [2.24, 2.45) is 0 Å². The van der Waals surface area contributed by atoms with Crippen LogP contribution in [-0.2, 0) is 16.6 Å². The molecule has 30 heavy (non-hydrogen) atoms. The standard InChI is InChI=1S/C22H21N5O3/c1-21-11-22(12-21,13-30-21)18-10-26-9-14(24-20(29-2)19(26)25-18)8-17(28)16-5-3-4-15-6-7-23-27(15)16/h3-7,9-10H,8,11-13H2,1-2H3. The molecule has 0 aromatic carbocycles. The number of Topliss-reactive ketones (excluding diaryl/α,β-unsaturated/α-hetero) is 1. The van der Waals surface area contributed by atoms with E-state index in [1.54, 1.807) is 23.9 Å². The van der Waals surface area contributed by atoms with Crippen molar-refractivity contribution in [3.63, 3.8) is 0 Å². The number of pyridine rings is 1. The molecule has 6 heterocycles. The molecule has 1 aliphatic carbocycles. The van der Waals surface area contributed by atoms with Gasteiger partial charge in [-0.2, -0.15) is 5.10 Å². The lowest BCUT2D eigenvalue weighted by atomic mass is 9.62. The zero-order valence-electron chi connectivity index (χ0n) is 16.8. The van der Waals surface area contributed by atoms with Gasteiger partial charge in [0.05, 0.1) is 48.8 Å². The Bertz CT molecular complexity index is 1320. The molecule has 3 fully saturated rings. The SMILES string of the molecule is COc1nc(CC(=O)c2cccc3ccnn23)cn2cc(C34COC(C)(C3)C4)nc12. The zero-order valence-corrected chi connectivity index (χ0v) is 16.8. The highest BCUT2D eigenvalue weighted by Crippen LogP contribution is 2.58. The third-order valence-electron chi connectivity index (χ3n) is 6.36. The van der Waals surface area contributed by atoms with E-state index in [0.29, 0.717) is 29.5 Å². The maximum absolute atomic E-state index is 13.0. The molecule has 8 nitrogen and oxygen atoms in total. The quantitative estimate of drug-likeness (QED) is 0.477. The second-order valence-electron chi connectivity index (χ2n) is 8.65. The van der Waals surface area contributed by atoms with E-state index in [0.717, 1.165) is 24.1 Å². The van der Waals surface area contributed by atoms with E-state index < -0.39 is 0 Å². The number of rotatable bonds is 5. The van der Waals surface area contributed by atoms with Gasteiger partial charge in [-0.05, 0) is 38.0 Å². The van der Waals surface area contributed by atoms with Crippen LogP contribution in [0.1, 0.15) is 41.6 Å². The third kappa shape index (κ3) is 2.43. The number of ketones is 1. The van der Waals surface area contributed by atoms with Crippen molar-refractivity contribution in [1.82, 2.24) is 24.0 Å². The first-order valence-electron chi connectivity index (χ1n) is 10.0. The fraction of sp³-hybridized carbons (Fsp3) is 0.364. The molecule has 0 amide bonds. The number of imidazole rings is 1. The summed E-state index contributed by atoms with van der Waals surface area (Å²) in [4.78, 5) is 22.4. The number of hydrogen-bond acceptors (Lipinski definition) is 6. The molecular weight excluding hydrogens is 382 g/mol. The first-order chi connectivity index (χ1) is 14.5. The van der Waals surface area contributed by atoms with Crippen molar-refractivity contribution in [3.05, 3.63) is 59.9 Å². The van der Waals surface area contributed by atoms with Crippen LogP contribution in [0.5, 0.6) is 5.88 Å². The van der Waals surface area contributed by atoms with E-state index in [4.69, 9.17) is 14.5 Å². The largest absolute Gasteiger partial charge is 0.478 e. The Morgan fingerprint density at radius 1 is 1.23 bits per heavy atom. The predicted molar refractivity (Wildman–Crippen MR) is 108 cm³/mol. The zero-order chi connectivity index (χ0) is 20.5. The number of carbonyl (C=O) groups is 1. The number of nitrogens with zero attached hydrogens (tertiary/aromatic N) is 5. The summed E-state index contributed by atoms with van der Waals surface area (Å²) in [6.45, 7) is 2.85. The van der Waals surface area contributed by atoms with Crippen molar-refractivity contribution in [2.45, 2.75) is 37.2 Å². The second-order valence-corrected chi connectivity index (χ2v) is 8.65. The highest BCUT2D eigenvalue weighted by atomic mass is 16.5. The van der Waals surface area contributed by atoms with Crippen LogP contribution in [0.25, 0.3) is 11.2 Å². The van der Waals surface area contributed by atoms with E-state index in [2.05, 4.69) is 17.0 Å². The number of methoxy groups -OCH3 is 1. The molecule has 0 radical (unpaired) electrons. The molecule has 3 aliphatic rings. The lowest BCUT2D eigenvalue weighted by Gasteiger charge is -2.41. The van der Waals surface area contributed by atoms with Crippen molar-refractivity contribution in [1.29, 1.82) is 0 Å². The number of aromatic nitrogens is 5. The Morgan fingerprint density at radius 2 is 2.10 bits per heavy atom. The fourth-order valence-electron chi connectivity index (χ4n) is 5.06. The second kappa shape index (κ2) is 5.89. The van der Waals surface area contributed by atoms with Crippen LogP contribution in [0, 0.1) is 0 Å². The van der Waals surface area contributed by atoms with Crippen LogP contribution in [-0.4, -0.2) is 49.1 Å². The van der Waals surface area contributed by atoms with Gasteiger partial charge < -0.3 is 13.9 Å². The Labute approximate surface area is 172 Å². The Morgan fingerprint density at radius 3 is 2.87 bits per heavy atom. The third-order valence-corrected chi connectivity index (χ3v) is 6.36. The van der Waals surface area contributed by atoms with Gasteiger partial charge in [0, 0.05) is 17.8 Å². The average Bonchev–Trinajstić information content (AvgIpc) is 3.47. The number of hydrogen-bond donors (Lipinski definition) is 0. The summed E-state index contributed by atoms with van der Waals surface area (Å²) in [7, 11) is 1.57. The highest BCUT2D eigenvalue weighted by Gasteiger charge is 2.61. The molecule has 2 bridgehead atoms. The summed E-state index contributed by atoms with van der Waals surface area (Å²) in [5.41, 5.74) is 3.67. The minimum absolute atomic E-state index is 0.0107. The normalized spacial score (nSPS) is 25.0. The van der Waals surface area contributed by atoms with Crippen LogP contribution in [0.3, 0.4) is 0 Å². The number of ether oxygens (including phenoxy) is 2. The van der Waals surface area contributed by atoms with Crippen molar-refractivity contribution < 1.29 is 14.3 Å². The van der Waals surface area contributed by atoms with Crippen molar-refractivity contribution in [2.75, 3.05) is 13.7 Å². The average molecular weight is 403 g/mol. The van der Waals surface area contributed by atoms with Crippen LogP contribution in [0.15, 0.2) is 42.9 Å². The van der Waals surface area contributed by atoms with Gasteiger partial charge >= 0.3 is 0 Å². The minimum Gasteiger partial charge on any atom is -0.478 e. The monoisotopic (exact) mass is 403 g/mol. The van der Waals surface area contributed by atoms with Gasteiger partial charge in [-0.1, -0.05) is 6.07 Å². The number of carbonyl (C=O) groups excluding carboxylic acids is 1. The first-order valence-corrected chi connectivity index (χ1v) is 10.0. The van der Waals surface area contributed by atoms with Crippen LogP contribution in [0.2, 0.25) is 0 Å². The van der Waals surface area contributed by atoms with Gasteiger partial charge in [0.1, 0.15) is 5.69 Å². The van der Waals surface area contributed by atoms with Gasteiger partial charge in [-0.3, -0.25) is 4.79 Å². The molecule has 4 aromatic rings. The van der Waals surface area contributed by atoms with Crippen LogP contribution >= 0.6 is 0 Å². The van der Waals surface area contributed by atoms with Crippen molar-refractivity contribution >= 4 is 16.9 Å². The van der Waals surface area contributed by atoms with Crippen LogP contribution < -0.4 is 4.74 Å². The van der Waals surface area contributed by atoms with Crippen LogP contribution in [0.4, 0.5) is 0 Å². The maximum atomic E-state index is 13.0. The fourth-order valence-corrected chi connectivity index (χ4v) is 5.06. The van der Waals surface area contributed by atoms with Gasteiger partial charge in [-0.15, -0.1) is 0 Å². The van der Waals surface area contributed by atoms with Gasteiger partial charge in [0.25, 0.3) is 5.88 Å². The minimum atomic E-state index is -0.0592. The predicted octanol–water partition coefficient (Wildman–Crippen LogP) is 2.63. The summed E-state index contributed by atoms with van der Waals surface area (Å²) < 4.78 is 15.0. The molecule has 8 heteroatoms. The summed E-state index contributed by atoms with van der Waals surface area (Å²) in [5.74, 6) is 0.359. The Kier molecular flexibility index (Phi) is 3.45. The number of fused-ring (bicyclic) bond motifs is 3. The molecule has 152 valence electrons. The Balaban J connectivity index is 1.36. The van der Waals surface area contributed by atoms with Crippen molar-refractivity contribution in [3.8, 4) is 5.88 Å². The van der Waals surface area contributed by atoms with Gasteiger partial charge in [-0.25, -0.2) is 14.5 Å². The topological polar surface area (TPSA) is 83.0 Å². The van der Waals surface area contributed by atoms with E-state index in [9.17, 15) is 4.79 Å². The lowest BCUT2D eigenvalue weighted by molar-refractivity contribution is 0.0154. The summed E-state index contributed by atoms with van der Waals surface area (Å²) >= 11 is 0. The van der Waals surface area contributed by atoms with E-state index in [-0.39, 0.29) is 23.2 Å². The summed E-state index contributed by atoms with van der Waals surface area (Å²) in [6, 6.07) is 7.43. The Hall–Kier alpha value is -3.26. The van der Waals surface area contributed by atoms with E-state index in [1.165, 1.54) is 0 Å². The molecule has 2 aliphatic heterocycles. The van der Waals surface area contributed by atoms with Gasteiger partial charge in [0.2, 0.25) is 5.65 Å². The molecule has 4 aromatic heterocycles. The van der Waals surface area contributed by atoms with Gasteiger partial charge in [0.15, 0.2) is 5.78 Å². The maximum Gasteiger partial charge on any atom is 0.258 e. The smallest absolute Gasteiger partial charge is 0.258 e.